The zero-order valence-corrected chi connectivity index (χ0v) is 33.5. The first-order valence-corrected chi connectivity index (χ1v) is 25.3. The van der Waals surface area contributed by atoms with Crippen LogP contribution in [0.3, 0.4) is 0 Å². The summed E-state index contributed by atoms with van der Waals surface area (Å²) in [4.78, 5) is 30.9. The summed E-state index contributed by atoms with van der Waals surface area (Å²) in [5.74, 6) is -0.923. The van der Waals surface area contributed by atoms with E-state index in [1.54, 1.807) is 0 Å². The fourth-order valence-electron chi connectivity index (χ4n) is 10.2. The number of hydrogen-bond donors (Lipinski definition) is 0. The van der Waals surface area contributed by atoms with Crippen LogP contribution < -0.4 is 10.4 Å². The van der Waals surface area contributed by atoms with Crippen LogP contribution in [0.2, 0.25) is 13.1 Å². The van der Waals surface area contributed by atoms with Gasteiger partial charge < -0.3 is 0 Å². The summed E-state index contributed by atoms with van der Waals surface area (Å²) in [5, 5.41) is 6.07. The van der Waals surface area contributed by atoms with E-state index in [1.165, 1.54) is 10.4 Å². The Hall–Kier alpha value is -5.85. The number of hydrogen-bond acceptors (Lipinski definition) is 4. The Morgan fingerprint density at radius 3 is 1.30 bits per heavy atom. The fraction of sp³-hybridized carbons (Fsp3) is 0.0800. The van der Waals surface area contributed by atoms with Gasteiger partial charge in [-0.15, -0.1) is 0 Å². The monoisotopic (exact) mass is 776 g/mol. The molecule has 0 saturated heterocycles. The van der Waals surface area contributed by atoms with Gasteiger partial charge in [0, 0.05) is 0 Å². The third kappa shape index (κ3) is 4.62. The predicted molar refractivity (Wildman–Crippen MR) is 223 cm³/mol. The molecule has 4 nitrogen and oxygen atoms in total. The molecule has 2 atom stereocenters. The van der Waals surface area contributed by atoms with Crippen molar-refractivity contribution in [2.75, 3.05) is 0 Å². The molecule has 0 aromatic heterocycles. The van der Waals surface area contributed by atoms with Crippen LogP contribution in [-0.2, 0) is 24.0 Å². The van der Waals surface area contributed by atoms with Crippen molar-refractivity contribution in [1.29, 1.82) is 0 Å². The second-order valence-electron chi connectivity index (χ2n) is 15.8. The Labute approximate surface area is 330 Å². The van der Waals surface area contributed by atoms with Gasteiger partial charge in [-0.1, -0.05) is 0 Å². The summed E-state index contributed by atoms with van der Waals surface area (Å²) in [6, 6.07) is 57.7. The van der Waals surface area contributed by atoms with Gasteiger partial charge in [-0.25, -0.2) is 0 Å². The van der Waals surface area contributed by atoms with Crippen LogP contribution in [0.5, 0.6) is 0 Å². The van der Waals surface area contributed by atoms with Crippen LogP contribution in [0.15, 0.2) is 170 Å². The van der Waals surface area contributed by atoms with Crippen LogP contribution >= 0.6 is 0 Å². The number of carbonyl (C=O) groups excluding carboxylic acids is 2. The molecule has 3 aliphatic rings. The van der Waals surface area contributed by atoms with Gasteiger partial charge in [0.25, 0.3) is 0 Å². The molecule has 56 heavy (non-hydrogen) atoms. The molecule has 2 aliphatic carbocycles. The summed E-state index contributed by atoms with van der Waals surface area (Å²) in [6.07, 6.45) is 0. The van der Waals surface area contributed by atoms with Gasteiger partial charge in [-0.05, 0) is 0 Å². The molecule has 0 N–H and O–H groups in total. The van der Waals surface area contributed by atoms with Gasteiger partial charge >= 0.3 is 333 Å². The van der Waals surface area contributed by atoms with Crippen molar-refractivity contribution in [2.45, 2.75) is 21.5 Å². The first kappa shape index (κ1) is 33.5. The van der Waals surface area contributed by atoms with Crippen molar-refractivity contribution in [3.05, 3.63) is 203 Å². The predicted octanol–water partition coefficient (Wildman–Crippen LogP) is 10.7. The second-order valence-corrected chi connectivity index (χ2v) is 24.8. The number of fused-ring (bicyclic) bond motifs is 8. The van der Waals surface area contributed by atoms with Crippen LogP contribution in [0.1, 0.15) is 51.4 Å². The van der Waals surface area contributed by atoms with E-state index in [0.717, 1.165) is 66.1 Å². The SMILES string of the molecule is C[Si]1(C)c2cccc3c2[CH](c2ccccc2-3)[Ti]([O]C(=O)c2cccc3ccccc23)([O]C(=O)c2cccc3ccccc23)[CH]2c3ccccc3-c3cccc1c32. The number of carbonyl (C=O) groups is 2. The molecule has 0 saturated carbocycles. The van der Waals surface area contributed by atoms with Crippen LogP contribution in [0, 0.1) is 0 Å². The standard InChI is InChI=1S/C28H22Si.2C11H8O2.Ti/c1-29(2,27-15-7-13-23-21-11-5-3-9-19(21)17-25(23)27)28-16-8-14-24-22-12-6-4-10-20(22)18-26(24)28;2*12-11(13)10-7-3-5-8-4-1-2-6-9(8)10;/h3-18H,1-2H3;2*1-7H,(H,12,13);/q;;;+2/p-2. The Kier molecular flexibility index (Phi) is 7.37. The normalized spacial score (nSPS) is 17.5. The third-order valence-corrected chi connectivity index (χ3v) is 22.1. The molecule has 8 aromatic carbocycles. The molecule has 6 heteroatoms. The van der Waals surface area contributed by atoms with Gasteiger partial charge in [0.15, 0.2) is 0 Å². The quantitative estimate of drug-likeness (QED) is 0.167. The van der Waals surface area contributed by atoms with Crippen LogP contribution in [0.25, 0.3) is 43.8 Å². The number of benzene rings is 8. The number of rotatable bonds is 4. The van der Waals surface area contributed by atoms with Crippen LogP contribution in [-0.4, -0.2) is 20.0 Å². The van der Waals surface area contributed by atoms with E-state index in [0.29, 0.717) is 11.1 Å². The Morgan fingerprint density at radius 2 is 0.821 bits per heavy atom. The molecule has 0 radical (unpaired) electrons. The first-order valence-electron chi connectivity index (χ1n) is 19.2. The van der Waals surface area contributed by atoms with E-state index in [4.69, 9.17) is 6.64 Å². The summed E-state index contributed by atoms with van der Waals surface area (Å²) in [7, 11) is -2.45. The topological polar surface area (TPSA) is 52.6 Å². The van der Waals surface area contributed by atoms with Crippen LogP contribution in [0.4, 0.5) is 0 Å². The molecule has 0 amide bonds. The van der Waals surface area contributed by atoms with Gasteiger partial charge in [0.05, 0.1) is 0 Å². The minimum atomic E-state index is -5.19. The summed E-state index contributed by atoms with van der Waals surface area (Å²) in [5.41, 5.74) is 9.82. The van der Waals surface area contributed by atoms with Crippen molar-refractivity contribution >= 4 is 51.9 Å². The molecule has 8 aromatic rings. The average molecular weight is 777 g/mol. The Bertz CT molecular complexity index is 2780. The first-order chi connectivity index (χ1) is 27.4. The van der Waals surface area contributed by atoms with E-state index < -0.39 is 45.8 Å². The summed E-state index contributed by atoms with van der Waals surface area (Å²) < 4.78 is 14.1. The van der Waals surface area contributed by atoms with Gasteiger partial charge in [-0.2, -0.15) is 0 Å². The Balaban J connectivity index is 1.28. The van der Waals surface area contributed by atoms with Gasteiger partial charge in [0.1, 0.15) is 0 Å². The summed E-state index contributed by atoms with van der Waals surface area (Å²) >= 11 is -5.19. The molecular weight excluding hydrogens is 740 g/mol. The van der Waals surface area contributed by atoms with Crippen molar-refractivity contribution in [3.63, 3.8) is 0 Å². The summed E-state index contributed by atoms with van der Waals surface area (Å²) in [6.45, 7) is 4.89. The zero-order valence-electron chi connectivity index (χ0n) is 31.0. The van der Waals surface area contributed by atoms with Crippen molar-refractivity contribution in [1.82, 2.24) is 0 Å². The maximum absolute atomic E-state index is 15.4. The van der Waals surface area contributed by atoms with Gasteiger partial charge in [-0.3, -0.25) is 0 Å². The average Bonchev–Trinajstić information content (AvgIpc) is 3.76. The van der Waals surface area contributed by atoms with E-state index in [9.17, 15) is 0 Å². The van der Waals surface area contributed by atoms with Crippen molar-refractivity contribution in [3.8, 4) is 22.3 Å². The zero-order chi connectivity index (χ0) is 37.8. The van der Waals surface area contributed by atoms with E-state index in [2.05, 4.69) is 98.0 Å². The molecule has 1 heterocycles. The van der Waals surface area contributed by atoms with Crippen molar-refractivity contribution in [2.24, 2.45) is 0 Å². The molecule has 0 fully saturated rings. The van der Waals surface area contributed by atoms with Crippen molar-refractivity contribution < 1.29 is 33.6 Å². The van der Waals surface area contributed by atoms with E-state index >= 15 is 9.59 Å². The third-order valence-electron chi connectivity index (χ3n) is 12.6. The minimum absolute atomic E-state index is 0.459. The molecule has 268 valence electrons. The van der Waals surface area contributed by atoms with Gasteiger partial charge in [0.2, 0.25) is 0 Å². The van der Waals surface area contributed by atoms with E-state index in [1.807, 2.05) is 84.9 Å². The molecule has 0 spiro atoms. The maximum atomic E-state index is 15.4. The second kappa shape index (κ2) is 12.3. The fourth-order valence-corrected chi connectivity index (χ4v) is 20.8. The molecular formula is C50H36O4SiTi. The molecule has 0 bridgehead atoms. The molecule has 11 rings (SSSR count). The molecule has 2 unspecified atom stereocenters. The Morgan fingerprint density at radius 1 is 0.446 bits per heavy atom. The molecule has 1 aliphatic heterocycles. The van der Waals surface area contributed by atoms with E-state index in [-0.39, 0.29) is 0 Å².